The largest absolute Gasteiger partial charge is 0.484 e. The minimum absolute atomic E-state index is 0.0972. The molecule has 5 heteroatoms. The second-order valence-corrected chi connectivity index (χ2v) is 7.16. The molecular weight excluding hydrogens is 365 g/mol. The molecule has 2 N–H and O–H groups in total. The van der Waals surface area contributed by atoms with Crippen molar-refractivity contribution in [3.8, 4) is 11.4 Å². The lowest BCUT2D eigenvalue weighted by molar-refractivity contribution is 0.168. The van der Waals surface area contributed by atoms with Gasteiger partial charge in [-0.25, -0.2) is 9.07 Å². The number of nitrogens with zero attached hydrogens (tertiary/aromatic N) is 2. The first-order valence-corrected chi connectivity index (χ1v) is 9.86. The van der Waals surface area contributed by atoms with E-state index >= 15 is 0 Å². The number of nitrogens with two attached hydrogens (primary N) is 1. The van der Waals surface area contributed by atoms with Crippen LogP contribution in [0.25, 0.3) is 16.6 Å². The lowest BCUT2D eigenvalue weighted by Gasteiger charge is -2.25. The Morgan fingerprint density at radius 3 is 2.52 bits per heavy atom. The highest BCUT2D eigenvalue weighted by atomic mass is 19.1. The smallest absolute Gasteiger partial charge is 0.139 e. The van der Waals surface area contributed by atoms with Crippen LogP contribution in [0.4, 0.5) is 4.39 Å². The molecule has 0 bridgehead atoms. The highest BCUT2D eigenvalue weighted by Crippen LogP contribution is 2.29. The molecule has 4 nitrogen and oxygen atoms in total. The van der Waals surface area contributed by atoms with Crippen molar-refractivity contribution in [3.05, 3.63) is 90.4 Å². The summed E-state index contributed by atoms with van der Waals surface area (Å²) in [4.78, 5) is 0. The van der Waals surface area contributed by atoms with Crippen LogP contribution in [0.1, 0.15) is 31.4 Å². The highest BCUT2D eigenvalue weighted by Gasteiger charge is 2.21. The van der Waals surface area contributed by atoms with Gasteiger partial charge in [-0.05, 0) is 54.4 Å². The predicted molar refractivity (Wildman–Crippen MR) is 114 cm³/mol. The molecule has 0 aliphatic heterocycles. The van der Waals surface area contributed by atoms with Crippen molar-refractivity contribution >= 4 is 10.9 Å². The molecule has 2 atom stereocenters. The topological polar surface area (TPSA) is 53.1 Å². The molecule has 0 fully saturated rings. The Labute approximate surface area is 169 Å². The standard InChI is InChI=1S/C24H24FN3O/c1-2-6-22(26)24(17-7-4-3-5-8-17)29-21-13-14-23-18(15-21)16-27-28(23)20-11-9-19(25)10-12-20/h3-5,7-16,22,24H,2,6,26H2,1H3/t22-,24+/m0/s1. The molecule has 0 aliphatic carbocycles. The van der Waals surface area contributed by atoms with Crippen molar-refractivity contribution in [3.63, 3.8) is 0 Å². The number of hydrogen-bond donors (Lipinski definition) is 1. The summed E-state index contributed by atoms with van der Waals surface area (Å²) < 4.78 is 21.4. The maximum absolute atomic E-state index is 13.2. The number of halogens is 1. The third kappa shape index (κ3) is 4.15. The van der Waals surface area contributed by atoms with Crippen molar-refractivity contribution < 1.29 is 9.13 Å². The molecule has 0 unspecified atom stereocenters. The first-order valence-electron chi connectivity index (χ1n) is 9.86. The Morgan fingerprint density at radius 2 is 1.79 bits per heavy atom. The molecule has 0 spiro atoms. The van der Waals surface area contributed by atoms with E-state index in [4.69, 9.17) is 10.5 Å². The van der Waals surface area contributed by atoms with Crippen LogP contribution in [0.5, 0.6) is 5.75 Å². The van der Waals surface area contributed by atoms with Gasteiger partial charge >= 0.3 is 0 Å². The fourth-order valence-corrected chi connectivity index (χ4v) is 3.55. The van der Waals surface area contributed by atoms with E-state index in [2.05, 4.69) is 12.0 Å². The van der Waals surface area contributed by atoms with E-state index in [9.17, 15) is 4.39 Å². The van der Waals surface area contributed by atoms with E-state index in [-0.39, 0.29) is 18.0 Å². The summed E-state index contributed by atoms with van der Waals surface area (Å²) in [6.07, 6.45) is 3.44. The zero-order valence-corrected chi connectivity index (χ0v) is 16.3. The molecule has 1 heterocycles. The lowest BCUT2D eigenvalue weighted by Crippen LogP contribution is -2.32. The number of fused-ring (bicyclic) bond motifs is 1. The number of aromatic nitrogens is 2. The third-order valence-electron chi connectivity index (χ3n) is 5.01. The fraction of sp³-hybridized carbons (Fsp3) is 0.208. The van der Waals surface area contributed by atoms with Crippen LogP contribution < -0.4 is 10.5 Å². The van der Waals surface area contributed by atoms with E-state index in [1.807, 2.05) is 48.5 Å². The SMILES string of the molecule is CCC[C@H](N)[C@H](Oc1ccc2c(cnn2-c2ccc(F)cc2)c1)c1ccccc1. The van der Waals surface area contributed by atoms with Crippen LogP contribution in [0.15, 0.2) is 79.0 Å². The number of ether oxygens (including phenoxy) is 1. The van der Waals surface area contributed by atoms with Crippen LogP contribution >= 0.6 is 0 Å². The van der Waals surface area contributed by atoms with Gasteiger partial charge in [0, 0.05) is 11.4 Å². The van der Waals surface area contributed by atoms with Crippen molar-refractivity contribution in [2.75, 3.05) is 0 Å². The fourth-order valence-electron chi connectivity index (χ4n) is 3.55. The Kier molecular flexibility index (Phi) is 5.58. The van der Waals surface area contributed by atoms with E-state index in [0.29, 0.717) is 0 Å². The summed E-state index contributed by atoms with van der Waals surface area (Å²) in [5.74, 6) is 0.479. The zero-order chi connectivity index (χ0) is 20.2. The maximum Gasteiger partial charge on any atom is 0.139 e. The van der Waals surface area contributed by atoms with Gasteiger partial charge in [-0.3, -0.25) is 0 Å². The zero-order valence-electron chi connectivity index (χ0n) is 16.3. The summed E-state index contributed by atoms with van der Waals surface area (Å²) in [5.41, 5.74) is 9.24. The van der Waals surface area contributed by atoms with Gasteiger partial charge in [-0.1, -0.05) is 43.7 Å². The molecule has 0 aliphatic rings. The second-order valence-electron chi connectivity index (χ2n) is 7.16. The van der Waals surface area contributed by atoms with Gasteiger partial charge in [0.2, 0.25) is 0 Å². The van der Waals surface area contributed by atoms with Crippen LogP contribution in [0, 0.1) is 5.82 Å². The predicted octanol–water partition coefficient (Wildman–Crippen LogP) is 5.41. The van der Waals surface area contributed by atoms with Crippen molar-refractivity contribution in [1.29, 1.82) is 0 Å². The van der Waals surface area contributed by atoms with Crippen molar-refractivity contribution in [2.24, 2.45) is 5.73 Å². The number of hydrogen-bond acceptors (Lipinski definition) is 3. The molecule has 3 aromatic carbocycles. The van der Waals surface area contributed by atoms with Gasteiger partial charge in [-0.2, -0.15) is 5.10 Å². The van der Waals surface area contributed by atoms with Crippen LogP contribution in [0.3, 0.4) is 0 Å². The monoisotopic (exact) mass is 389 g/mol. The summed E-state index contributed by atoms with van der Waals surface area (Å²) >= 11 is 0. The van der Waals surface area contributed by atoms with Crippen LogP contribution in [-0.4, -0.2) is 15.8 Å². The normalized spacial score (nSPS) is 13.3. The molecule has 0 radical (unpaired) electrons. The Bertz CT molecular complexity index is 1080. The molecule has 4 aromatic rings. The van der Waals surface area contributed by atoms with Crippen molar-refractivity contribution in [1.82, 2.24) is 9.78 Å². The molecule has 0 saturated heterocycles. The van der Waals surface area contributed by atoms with E-state index < -0.39 is 0 Å². The highest BCUT2D eigenvalue weighted by molar-refractivity contribution is 5.81. The average Bonchev–Trinajstić information content (AvgIpc) is 3.16. The van der Waals surface area contributed by atoms with E-state index in [1.165, 1.54) is 12.1 Å². The van der Waals surface area contributed by atoms with Gasteiger partial charge in [0.05, 0.1) is 17.4 Å². The molecule has 4 rings (SSSR count). The van der Waals surface area contributed by atoms with E-state index in [1.54, 1.807) is 23.0 Å². The first-order chi connectivity index (χ1) is 14.2. The minimum Gasteiger partial charge on any atom is -0.484 e. The molecule has 1 aromatic heterocycles. The molecule has 0 saturated carbocycles. The summed E-state index contributed by atoms with van der Waals surface area (Å²) in [7, 11) is 0. The first kappa shape index (κ1) is 19.2. The second kappa shape index (κ2) is 8.45. The Morgan fingerprint density at radius 1 is 1.03 bits per heavy atom. The number of benzene rings is 3. The number of rotatable bonds is 7. The van der Waals surface area contributed by atoms with Gasteiger partial charge in [-0.15, -0.1) is 0 Å². The Balaban J connectivity index is 1.64. The third-order valence-corrected chi connectivity index (χ3v) is 5.01. The van der Waals surface area contributed by atoms with Gasteiger partial charge < -0.3 is 10.5 Å². The summed E-state index contributed by atoms with van der Waals surface area (Å²) in [6, 6.07) is 22.1. The quantitative estimate of drug-likeness (QED) is 0.460. The van der Waals surface area contributed by atoms with E-state index in [0.717, 1.165) is 40.7 Å². The summed E-state index contributed by atoms with van der Waals surface area (Å²) in [6.45, 7) is 2.12. The lowest BCUT2D eigenvalue weighted by atomic mass is 9.99. The van der Waals surface area contributed by atoms with Gasteiger partial charge in [0.1, 0.15) is 17.7 Å². The average molecular weight is 389 g/mol. The maximum atomic E-state index is 13.2. The molecule has 148 valence electrons. The van der Waals surface area contributed by atoms with Gasteiger partial charge in [0.25, 0.3) is 0 Å². The molecule has 0 amide bonds. The van der Waals surface area contributed by atoms with Crippen molar-refractivity contribution in [2.45, 2.75) is 31.9 Å². The van der Waals surface area contributed by atoms with Crippen LogP contribution in [-0.2, 0) is 0 Å². The minimum atomic E-state index is -0.267. The molecule has 29 heavy (non-hydrogen) atoms. The van der Waals surface area contributed by atoms with Crippen LogP contribution in [0.2, 0.25) is 0 Å². The Hall–Kier alpha value is -3.18. The van der Waals surface area contributed by atoms with Gasteiger partial charge in [0.15, 0.2) is 0 Å². The summed E-state index contributed by atoms with van der Waals surface area (Å²) in [5, 5.41) is 5.40. The molecular formula is C24H24FN3O.